The van der Waals surface area contributed by atoms with Crippen LogP contribution in [0.2, 0.25) is 0 Å². The van der Waals surface area contributed by atoms with E-state index in [0.717, 1.165) is 43.6 Å². The smallest absolute Gasteiger partial charge is 0.345 e. The molecule has 0 spiro atoms. The number of hydrogen-bond acceptors (Lipinski definition) is 10. The topological polar surface area (TPSA) is 205 Å². The number of phenolic OH excluding ortho intramolecular Hbond substituents is 1. The number of carboxylic acids is 1. The number of fused-ring (bicyclic) bond motifs is 1. The number of pyridine rings is 1. The molecule has 0 unspecified atom stereocenters. The van der Waals surface area contributed by atoms with Gasteiger partial charge in [-0.15, -0.1) is 0 Å². The number of likely N-dealkylation sites (tertiary alicyclic amines) is 2. The molecule has 0 bridgehead atoms. The quantitative estimate of drug-likeness (QED) is 0.0523. The maximum atomic E-state index is 13.6. The molecule has 8 rings (SSSR count). The summed E-state index contributed by atoms with van der Waals surface area (Å²) in [5.41, 5.74) is 2.20. The second-order valence-electron chi connectivity index (χ2n) is 18.0. The van der Waals surface area contributed by atoms with E-state index in [1.165, 1.54) is 23.8 Å². The number of aromatic nitrogens is 1. The molecule has 14 heteroatoms. The lowest BCUT2D eigenvalue weighted by molar-refractivity contribution is -0.155. The molecule has 2 aliphatic rings. The van der Waals surface area contributed by atoms with Gasteiger partial charge in [0.1, 0.15) is 11.5 Å². The number of aromatic amines is 1. The first-order valence-electron chi connectivity index (χ1n) is 23.4. The van der Waals surface area contributed by atoms with Crippen molar-refractivity contribution in [2.75, 3.05) is 45.9 Å². The average Bonchev–Trinajstić information content (AvgIpc) is 3.36. The van der Waals surface area contributed by atoms with E-state index in [1.54, 1.807) is 59.5 Å². The molecule has 68 heavy (non-hydrogen) atoms. The Kier molecular flexibility index (Phi) is 15.3. The Bertz CT molecular complexity index is 2760. The Labute approximate surface area is 395 Å². The van der Waals surface area contributed by atoms with E-state index < -0.39 is 17.7 Å². The molecule has 3 atom stereocenters. The molecule has 2 fully saturated rings. The summed E-state index contributed by atoms with van der Waals surface area (Å²) in [4.78, 5) is 58.3. The number of aliphatic hydroxyl groups is 2. The number of nitrogens with one attached hydrogen (secondary N) is 3. The number of piperidine rings is 2. The van der Waals surface area contributed by atoms with Crippen molar-refractivity contribution in [3.05, 3.63) is 177 Å². The molecule has 1 aromatic heterocycles. The SMILES string of the molecule is O=C(COc1cccc([C@@](O)(C(=O)O)c2ccccc2CC2CCN(Cc3ccccc3)CC2)c1)N[C@@H]1CCCN(C(=O)c2ccc(CCNC[C@H](O)c3ccc(O)c4[nH]c(=O)ccc34)cc2)C1. The van der Waals surface area contributed by atoms with Crippen LogP contribution >= 0.6 is 0 Å². The Hall–Kier alpha value is -6.84. The number of carbonyl (C=O) groups excluding carboxylic acids is 2. The monoisotopic (exact) mass is 921 g/mol. The highest BCUT2D eigenvalue weighted by atomic mass is 16.5. The summed E-state index contributed by atoms with van der Waals surface area (Å²) in [5, 5.41) is 50.5. The zero-order valence-corrected chi connectivity index (χ0v) is 38.0. The van der Waals surface area contributed by atoms with Crippen molar-refractivity contribution in [1.82, 2.24) is 25.4 Å². The van der Waals surface area contributed by atoms with Gasteiger partial charge in [0, 0.05) is 60.4 Å². The summed E-state index contributed by atoms with van der Waals surface area (Å²) < 4.78 is 5.87. The number of carboxylic acid groups (broad SMARTS) is 1. The third-order valence-corrected chi connectivity index (χ3v) is 13.3. The lowest BCUT2D eigenvalue weighted by Gasteiger charge is -2.33. The molecule has 2 amide bonds. The summed E-state index contributed by atoms with van der Waals surface area (Å²) in [6, 6.07) is 37.0. The van der Waals surface area contributed by atoms with Crippen LogP contribution in [0.5, 0.6) is 11.5 Å². The van der Waals surface area contributed by atoms with E-state index in [2.05, 4.69) is 44.8 Å². The van der Waals surface area contributed by atoms with Crippen molar-refractivity contribution in [3.8, 4) is 11.5 Å². The lowest BCUT2D eigenvalue weighted by Crippen LogP contribution is -2.50. The highest BCUT2D eigenvalue weighted by Gasteiger charge is 2.42. The Morgan fingerprint density at radius 2 is 1.60 bits per heavy atom. The van der Waals surface area contributed by atoms with E-state index >= 15 is 0 Å². The molecular formula is C54H59N5O9. The minimum absolute atomic E-state index is 0.0665. The normalized spacial score (nSPS) is 17.0. The lowest BCUT2D eigenvalue weighted by atomic mass is 9.80. The summed E-state index contributed by atoms with van der Waals surface area (Å²) in [6.45, 7) is 4.14. The summed E-state index contributed by atoms with van der Waals surface area (Å²) >= 11 is 0. The number of H-pyrrole nitrogens is 1. The summed E-state index contributed by atoms with van der Waals surface area (Å²) in [5.74, 6) is -1.43. The molecule has 354 valence electrons. The molecule has 2 saturated heterocycles. The Morgan fingerprint density at radius 1 is 0.838 bits per heavy atom. The zero-order chi connectivity index (χ0) is 47.6. The Balaban J connectivity index is 0.802. The van der Waals surface area contributed by atoms with Gasteiger partial charge in [-0.1, -0.05) is 84.9 Å². The fourth-order valence-corrected chi connectivity index (χ4v) is 9.58. The minimum Gasteiger partial charge on any atom is -0.506 e. The first-order chi connectivity index (χ1) is 32.9. The van der Waals surface area contributed by atoms with E-state index in [-0.39, 0.29) is 59.1 Å². The van der Waals surface area contributed by atoms with Crippen LogP contribution < -0.4 is 20.9 Å². The zero-order valence-electron chi connectivity index (χ0n) is 38.0. The van der Waals surface area contributed by atoms with Crippen LogP contribution in [0.25, 0.3) is 10.9 Å². The number of rotatable bonds is 18. The number of aromatic hydroxyl groups is 1. The first kappa shape index (κ1) is 47.6. The molecule has 5 aromatic carbocycles. The van der Waals surface area contributed by atoms with E-state index in [4.69, 9.17) is 4.74 Å². The fraction of sp³-hybridized carbons (Fsp3) is 0.333. The number of benzene rings is 5. The number of amides is 2. The van der Waals surface area contributed by atoms with Crippen molar-refractivity contribution >= 4 is 28.7 Å². The molecule has 0 aliphatic carbocycles. The number of nitrogens with zero attached hydrogens (tertiary/aromatic N) is 2. The van der Waals surface area contributed by atoms with Gasteiger partial charge in [0.05, 0.1) is 11.6 Å². The van der Waals surface area contributed by atoms with Gasteiger partial charge in [-0.2, -0.15) is 0 Å². The van der Waals surface area contributed by atoms with Gasteiger partial charge in [-0.25, -0.2) is 4.79 Å². The van der Waals surface area contributed by atoms with Crippen molar-refractivity contribution in [2.45, 2.75) is 62.8 Å². The first-order valence-corrected chi connectivity index (χ1v) is 23.4. The second-order valence-corrected chi connectivity index (χ2v) is 18.0. The van der Waals surface area contributed by atoms with Gasteiger partial charge < -0.3 is 45.7 Å². The van der Waals surface area contributed by atoms with Crippen LogP contribution in [0.4, 0.5) is 0 Å². The second kappa shape index (κ2) is 21.9. The van der Waals surface area contributed by atoms with Crippen LogP contribution in [0, 0.1) is 5.92 Å². The standard InChI is InChI=1S/C54H59N5O9/c60-47-21-19-44(45-20-22-49(62)57-51(45)47)48(61)32-55-26-23-36-15-17-39(18-16-36)52(64)59-27-7-12-42(34-59)56-50(63)35-68-43-13-6-11-41(31-43)54(67,53(65)66)46-14-5-4-10-40(46)30-37-24-28-58(29-25-37)33-38-8-2-1-3-9-38/h1-6,8-11,13-22,31,37,42,48,55,60-61,67H,7,12,23-30,32-35H2,(H,56,63)(H,57,62)(H,65,66)/t42-,48+,54+/m1/s1. The van der Waals surface area contributed by atoms with Crippen LogP contribution in [0.3, 0.4) is 0 Å². The van der Waals surface area contributed by atoms with Crippen LogP contribution in [-0.4, -0.2) is 105 Å². The van der Waals surface area contributed by atoms with Gasteiger partial charge in [-0.05, 0) is 123 Å². The third kappa shape index (κ3) is 11.5. The molecule has 0 radical (unpaired) electrons. The van der Waals surface area contributed by atoms with Gasteiger partial charge >= 0.3 is 5.97 Å². The van der Waals surface area contributed by atoms with E-state index in [9.17, 15) is 39.6 Å². The van der Waals surface area contributed by atoms with Gasteiger partial charge in [0.2, 0.25) is 11.2 Å². The van der Waals surface area contributed by atoms with E-state index in [0.29, 0.717) is 73.3 Å². The molecule has 3 heterocycles. The van der Waals surface area contributed by atoms with Crippen molar-refractivity contribution < 1.29 is 39.5 Å². The largest absolute Gasteiger partial charge is 0.506 e. The fourth-order valence-electron chi connectivity index (χ4n) is 9.58. The molecule has 0 saturated carbocycles. The highest BCUT2D eigenvalue weighted by molar-refractivity contribution is 5.94. The number of aliphatic hydroxyl groups excluding tert-OH is 1. The van der Waals surface area contributed by atoms with E-state index in [1.807, 2.05) is 30.3 Å². The van der Waals surface area contributed by atoms with Crippen LogP contribution in [0.1, 0.15) is 75.5 Å². The van der Waals surface area contributed by atoms with Crippen molar-refractivity contribution in [2.24, 2.45) is 5.92 Å². The summed E-state index contributed by atoms with van der Waals surface area (Å²) in [6.07, 6.45) is 3.74. The minimum atomic E-state index is -2.36. The molecule has 14 nitrogen and oxygen atoms in total. The maximum absolute atomic E-state index is 13.6. The molecule has 6 aromatic rings. The van der Waals surface area contributed by atoms with Crippen LogP contribution in [0.15, 0.2) is 132 Å². The number of phenols is 1. The van der Waals surface area contributed by atoms with Gasteiger partial charge in [0.15, 0.2) is 6.61 Å². The number of hydrogen-bond donors (Lipinski definition) is 7. The van der Waals surface area contributed by atoms with Gasteiger partial charge in [-0.3, -0.25) is 19.3 Å². The number of ether oxygens (including phenoxy) is 1. The van der Waals surface area contributed by atoms with Crippen molar-refractivity contribution in [3.63, 3.8) is 0 Å². The predicted octanol–water partition coefficient (Wildman–Crippen LogP) is 5.67. The Morgan fingerprint density at radius 3 is 2.38 bits per heavy atom. The predicted molar refractivity (Wildman–Crippen MR) is 258 cm³/mol. The molecule has 7 N–H and O–H groups in total. The maximum Gasteiger partial charge on any atom is 0.345 e. The van der Waals surface area contributed by atoms with Gasteiger partial charge in [0.25, 0.3) is 11.8 Å². The third-order valence-electron chi connectivity index (χ3n) is 13.3. The van der Waals surface area contributed by atoms with Crippen LogP contribution in [-0.2, 0) is 34.6 Å². The highest BCUT2D eigenvalue weighted by Crippen LogP contribution is 2.36. The average molecular weight is 922 g/mol. The number of aliphatic carboxylic acids is 1. The number of carbonyl (C=O) groups is 3. The molecular weight excluding hydrogens is 863 g/mol. The summed E-state index contributed by atoms with van der Waals surface area (Å²) in [7, 11) is 0. The van der Waals surface area contributed by atoms with Crippen molar-refractivity contribution in [1.29, 1.82) is 0 Å². The molecule has 2 aliphatic heterocycles.